The van der Waals surface area contributed by atoms with Crippen LogP contribution in [0.5, 0.6) is 0 Å². The third kappa shape index (κ3) is 2.57. The van der Waals surface area contributed by atoms with Crippen LogP contribution >= 0.6 is 23.2 Å². The number of pyridine rings is 1. The van der Waals surface area contributed by atoms with E-state index in [1.54, 1.807) is 6.07 Å². The zero-order valence-electron chi connectivity index (χ0n) is 10.2. The van der Waals surface area contributed by atoms with Crippen LogP contribution in [0.25, 0.3) is 11.2 Å². The molecule has 0 fully saturated rings. The number of benzene rings is 1. The van der Waals surface area contributed by atoms with Gasteiger partial charge < -0.3 is 4.98 Å². The van der Waals surface area contributed by atoms with Gasteiger partial charge >= 0.3 is 0 Å². The van der Waals surface area contributed by atoms with E-state index in [-0.39, 0.29) is 5.15 Å². The van der Waals surface area contributed by atoms with Gasteiger partial charge in [-0.25, -0.2) is 9.97 Å². The van der Waals surface area contributed by atoms with Crippen LogP contribution in [0.4, 0.5) is 0 Å². The lowest BCUT2D eigenvalue weighted by atomic mass is 10.1. The highest BCUT2D eigenvalue weighted by Gasteiger charge is 2.08. The Hall–Kier alpha value is -1.58. The van der Waals surface area contributed by atoms with Gasteiger partial charge in [0, 0.05) is 6.42 Å². The molecule has 0 spiro atoms. The predicted molar refractivity (Wildman–Crippen MR) is 77.9 cm³/mol. The van der Waals surface area contributed by atoms with Crippen molar-refractivity contribution in [3.63, 3.8) is 0 Å². The van der Waals surface area contributed by atoms with Crippen molar-refractivity contribution in [3.05, 3.63) is 57.5 Å². The SMILES string of the molecule is Cc1cccc(Cc2nc3nc(Cl)c(Cl)cc3[nH]2)c1. The summed E-state index contributed by atoms with van der Waals surface area (Å²) in [6, 6.07) is 10.1. The largest absolute Gasteiger partial charge is 0.340 e. The number of rotatable bonds is 2. The van der Waals surface area contributed by atoms with Gasteiger partial charge in [0.1, 0.15) is 11.0 Å². The Labute approximate surface area is 120 Å². The van der Waals surface area contributed by atoms with E-state index in [1.165, 1.54) is 11.1 Å². The van der Waals surface area contributed by atoms with Crippen LogP contribution < -0.4 is 0 Å². The Morgan fingerprint density at radius 3 is 2.79 bits per heavy atom. The summed E-state index contributed by atoms with van der Waals surface area (Å²) in [7, 11) is 0. The van der Waals surface area contributed by atoms with Gasteiger partial charge in [-0.05, 0) is 18.6 Å². The summed E-state index contributed by atoms with van der Waals surface area (Å²) < 4.78 is 0. The highest BCUT2D eigenvalue weighted by molar-refractivity contribution is 6.41. The van der Waals surface area contributed by atoms with Gasteiger partial charge in [-0.3, -0.25) is 0 Å². The first-order chi connectivity index (χ1) is 9.11. The number of hydrogen-bond donors (Lipinski definition) is 1. The molecule has 0 aliphatic rings. The fourth-order valence-corrected chi connectivity index (χ4v) is 2.33. The molecule has 0 aliphatic carbocycles. The van der Waals surface area contributed by atoms with E-state index < -0.39 is 0 Å². The summed E-state index contributed by atoms with van der Waals surface area (Å²) in [6.07, 6.45) is 0.729. The van der Waals surface area contributed by atoms with Crippen LogP contribution in [0.15, 0.2) is 30.3 Å². The molecule has 3 rings (SSSR count). The maximum atomic E-state index is 5.94. The Balaban J connectivity index is 1.97. The summed E-state index contributed by atoms with van der Waals surface area (Å²) in [5.41, 5.74) is 3.84. The molecule has 0 saturated heterocycles. The molecule has 5 heteroatoms. The Bertz CT molecular complexity index is 711. The van der Waals surface area contributed by atoms with Crippen LogP contribution in [0, 0.1) is 6.92 Å². The topological polar surface area (TPSA) is 41.6 Å². The minimum atomic E-state index is 0.280. The molecule has 0 unspecified atom stereocenters. The zero-order chi connectivity index (χ0) is 13.4. The minimum Gasteiger partial charge on any atom is -0.340 e. The normalized spacial score (nSPS) is 11.1. The number of aromatic nitrogens is 3. The first kappa shape index (κ1) is 12.5. The molecule has 2 heterocycles. The summed E-state index contributed by atoms with van der Waals surface area (Å²) >= 11 is 11.8. The van der Waals surface area contributed by atoms with E-state index in [2.05, 4.69) is 40.1 Å². The highest BCUT2D eigenvalue weighted by Crippen LogP contribution is 2.23. The molecule has 0 amide bonds. The van der Waals surface area contributed by atoms with E-state index in [9.17, 15) is 0 Å². The fourth-order valence-electron chi connectivity index (χ4n) is 2.05. The number of fused-ring (bicyclic) bond motifs is 1. The van der Waals surface area contributed by atoms with Gasteiger partial charge in [-0.2, -0.15) is 0 Å². The Morgan fingerprint density at radius 2 is 2.00 bits per heavy atom. The molecule has 3 nitrogen and oxygen atoms in total. The molecule has 0 radical (unpaired) electrons. The lowest BCUT2D eigenvalue weighted by molar-refractivity contribution is 1.03. The second kappa shape index (κ2) is 4.83. The Kier molecular flexibility index (Phi) is 3.17. The third-order valence-electron chi connectivity index (χ3n) is 2.89. The van der Waals surface area contributed by atoms with Crippen LogP contribution in [-0.4, -0.2) is 15.0 Å². The van der Waals surface area contributed by atoms with Crippen molar-refractivity contribution in [1.82, 2.24) is 15.0 Å². The lowest BCUT2D eigenvalue weighted by Gasteiger charge is -1.99. The second-order valence-electron chi connectivity index (χ2n) is 4.48. The molecule has 0 atom stereocenters. The number of halogens is 2. The van der Waals surface area contributed by atoms with Crippen molar-refractivity contribution in [2.45, 2.75) is 13.3 Å². The van der Waals surface area contributed by atoms with Crippen molar-refractivity contribution in [2.24, 2.45) is 0 Å². The van der Waals surface area contributed by atoms with Crippen molar-refractivity contribution >= 4 is 34.4 Å². The standard InChI is InChI=1S/C14H11Cl2N3/c1-8-3-2-4-9(5-8)6-12-17-11-7-10(15)13(16)19-14(11)18-12/h2-5,7H,6H2,1H3,(H,17,18,19). The molecule has 2 aromatic heterocycles. The molecule has 1 aromatic carbocycles. The number of aryl methyl sites for hydroxylation is 1. The van der Waals surface area contributed by atoms with Crippen molar-refractivity contribution < 1.29 is 0 Å². The van der Waals surface area contributed by atoms with Gasteiger partial charge in [0.05, 0.1) is 10.5 Å². The van der Waals surface area contributed by atoms with Gasteiger partial charge in [0.25, 0.3) is 0 Å². The van der Waals surface area contributed by atoms with Crippen LogP contribution in [-0.2, 0) is 6.42 Å². The smallest absolute Gasteiger partial charge is 0.179 e. The number of H-pyrrole nitrogens is 1. The predicted octanol–water partition coefficient (Wildman–Crippen LogP) is 4.16. The number of aromatic amines is 1. The third-order valence-corrected chi connectivity index (χ3v) is 3.56. The molecular formula is C14H11Cl2N3. The first-order valence-corrected chi connectivity index (χ1v) is 6.63. The quantitative estimate of drug-likeness (QED) is 0.720. The van der Waals surface area contributed by atoms with E-state index in [1.807, 2.05) is 6.07 Å². The Morgan fingerprint density at radius 1 is 1.16 bits per heavy atom. The molecule has 19 heavy (non-hydrogen) atoms. The zero-order valence-corrected chi connectivity index (χ0v) is 11.8. The van der Waals surface area contributed by atoms with Crippen molar-refractivity contribution in [2.75, 3.05) is 0 Å². The van der Waals surface area contributed by atoms with Crippen molar-refractivity contribution in [3.8, 4) is 0 Å². The summed E-state index contributed by atoms with van der Waals surface area (Å²) in [5, 5.41) is 0.711. The average molecular weight is 292 g/mol. The van der Waals surface area contributed by atoms with Crippen LogP contribution in [0.1, 0.15) is 17.0 Å². The monoisotopic (exact) mass is 291 g/mol. The first-order valence-electron chi connectivity index (χ1n) is 5.88. The van der Waals surface area contributed by atoms with Gasteiger partial charge in [-0.15, -0.1) is 0 Å². The van der Waals surface area contributed by atoms with E-state index >= 15 is 0 Å². The number of imidazole rings is 1. The van der Waals surface area contributed by atoms with Gasteiger partial charge in [-0.1, -0.05) is 53.0 Å². The molecular weight excluding hydrogens is 281 g/mol. The molecule has 1 N–H and O–H groups in total. The van der Waals surface area contributed by atoms with Crippen molar-refractivity contribution in [1.29, 1.82) is 0 Å². The van der Waals surface area contributed by atoms with Crippen LogP contribution in [0.2, 0.25) is 10.2 Å². The van der Waals surface area contributed by atoms with Crippen LogP contribution in [0.3, 0.4) is 0 Å². The summed E-state index contributed by atoms with van der Waals surface area (Å²) in [4.78, 5) is 11.8. The maximum absolute atomic E-state index is 5.94. The minimum absolute atomic E-state index is 0.280. The lowest BCUT2D eigenvalue weighted by Crippen LogP contribution is -1.90. The van der Waals surface area contributed by atoms with Gasteiger partial charge in [0.15, 0.2) is 5.65 Å². The highest BCUT2D eigenvalue weighted by atomic mass is 35.5. The fraction of sp³-hybridized carbons (Fsp3) is 0.143. The molecule has 3 aromatic rings. The molecule has 0 bridgehead atoms. The van der Waals surface area contributed by atoms with Gasteiger partial charge in [0.2, 0.25) is 0 Å². The number of nitrogens with zero attached hydrogens (tertiary/aromatic N) is 2. The molecule has 0 aliphatic heterocycles. The van der Waals surface area contributed by atoms with E-state index in [0.29, 0.717) is 10.7 Å². The van der Waals surface area contributed by atoms with E-state index in [4.69, 9.17) is 23.2 Å². The summed E-state index contributed by atoms with van der Waals surface area (Å²) in [5.74, 6) is 0.853. The number of hydrogen-bond acceptors (Lipinski definition) is 2. The molecule has 96 valence electrons. The number of nitrogens with one attached hydrogen (secondary N) is 1. The van der Waals surface area contributed by atoms with E-state index in [0.717, 1.165) is 17.8 Å². The summed E-state index contributed by atoms with van der Waals surface area (Å²) in [6.45, 7) is 2.07. The molecule has 0 saturated carbocycles. The second-order valence-corrected chi connectivity index (χ2v) is 5.25. The maximum Gasteiger partial charge on any atom is 0.179 e. The average Bonchev–Trinajstić information content (AvgIpc) is 2.71.